The smallest absolute Gasteiger partial charge is 0.144 e. The molecule has 1 aromatic heterocycles. The maximum Gasteiger partial charge on any atom is 0.144 e. The highest BCUT2D eigenvalue weighted by atomic mass is 35.5. The molecule has 2 unspecified atom stereocenters. The Morgan fingerprint density at radius 3 is 2.81 bits per heavy atom. The minimum Gasteiger partial charge on any atom is -0.368 e. The van der Waals surface area contributed by atoms with Gasteiger partial charge in [-0.1, -0.05) is 6.42 Å². The van der Waals surface area contributed by atoms with E-state index in [0.717, 1.165) is 30.2 Å². The molecule has 0 radical (unpaired) electrons. The summed E-state index contributed by atoms with van der Waals surface area (Å²) in [6.45, 7) is 4.86. The van der Waals surface area contributed by atoms with Crippen molar-refractivity contribution in [1.82, 2.24) is 9.97 Å². The molecule has 0 aliphatic heterocycles. The van der Waals surface area contributed by atoms with Crippen LogP contribution in [0.3, 0.4) is 0 Å². The van der Waals surface area contributed by atoms with E-state index in [2.05, 4.69) is 15.3 Å². The fourth-order valence-electron chi connectivity index (χ4n) is 2.08. The van der Waals surface area contributed by atoms with Crippen LogP contribution in [-0.4, -0.2) is 21.9 Å². The van der Waals surface area contributed by atoms with E-state index in [9.17, 15) is 0 Å². The summed E-state index contributed by atoms with van der Waals surface area (Å²) < 4.78 is 0. The van der Waals surface area contributed by atoms with Gasteiger partial charge in [0.25, 0.3) is 0 Å². The first kappa shape index (κ1) is 11.6. The van der Waals surface area contributed by atoms with E-state index in [0.29, 0.717) is 11.3 Å². The number of aryl methyl sites for hydroxylation is 2. The summed E-state index contributed by atoms with van der Waals surface area (Å²) in [6.07, 6.45) is 5.41. The second-order valence-corrected chi connectivity index (χ2v) is 5.07. The van der Waals surface area contributed by atoms with E-state index in [1.54, 1.807) is 6.20 Å². The standard InChI is InChI=1S/C12H18ClN3/c1-8-9(2)16-12(7-14-8)15-6-10-4-3-5-11(10)13/h7,10-11H,3-6H2,1-2H3,(H,15,16). The molecule has 0 bridgehead atoms. The number of hydrogen-bond donors (Lipinski definition) is 1. The molecule has 2 rings (SSSR count). The highest BCUT2D eigenvalue weighted by Crippen LogP contribution is 2.30. The molecule has 1 heterocycles. The number of rotatable bonds is 3. The number of hydrogen-bond acceptors (Lipinski definition) is 3. The minimum atomic E-state index is 0.326. The van der Waals surface area contributed by atoms with E-state index in [1.165, 1.54) is 12.8 Å². The van der Waals surface area contributed by atoms with Gasteiger partial charge in [-0.3, -0.25) is 4.98 Å². The van der Waals surface area contributed by atoms with Crippen LogP contribution in [-0.2, 0) is 0 Å². The molecule has 1 fully saturated rings. The van der Waals surface area contributed by atoms with Crippen LogP contribution in [0.25, 0.3) is 0 Å². The molecular formula is C12H18ClN3. The number of nitrogens with zero attached hydrogens (tertiary/aromatic N) is 2. The summed E-state index contributed by atoms with van der Waals surface area (Å²) in [7, 11) is 0. The number of anilines is 1. The van der Waals surface area contributed by atoms with Crippen molar-refractivity contribution in [1.29, 1.82) is 0 Å². The first-order chi connectivity index (χ1) is 7.66. The van der Waals surface area contributed by atoms with E-state index in [4.69, 9.17) is 11.6 Å². The van der Waals surface area contributed by atoms with Crippen molar-refractivity contribution >= 4 is 17.4 Å². The molecule has 2 atom stereocenters. The van der Waals surface area contributed by atoms with Crippen molar-refractivity contribution in [2.45, 2.75) is 38.5 Å². The molecule has 0 aromatic carbocycles. The predicted molar refractivity (Wildman–Crippen MR) is 67.0 cm³/mol. The monoisotopic (exact) mass is 239 g/mol. The lowest BCUT2D eigenvalue weighted by atomic mass is 10.1. The zero-order chi connectivity index (χ0) is 11.5. The van der Waals surface area contributed by atoms with Crippen LogP contribution in [0, 0.1) is 19.8 Å². The highest BCUT2D eigenvalue weighted by molar-refractivity contribution is 6.20. The summed E-state index contributed by atoms with van der Waals surface area (Å²) in [5, 5.41) is 3.65. The SMILES string of the molecule is Cc1ncc(NCC2CCCC2Cl)nc1C. The quantitative estimate of drug-likeness (QED) is 0.825. The van der Waals surface area contributed by atoms with Crippen molar-refractivity contribution in [3.63, 3.8) is 0 Å². The highest BCUT2D eigenvalue weighted by Gasteiger charge is 2.24. The van der Waals surface area contributed by atoms with Crippen LogP contribution in [0.4, 0.5) is 5.82 Å². The van der Waals surface area contributed by atoms with Gasteiger partial charge in [0.1, 0.15) is 5.82 Å². The second kappa shape index (κ2) is 5.00. The Kier molecular flexibility index (Phi) is 3.64. The fraction of sp³-hybridized carbons (Fsp3) is 0.667. The van der Waals surface area contributed by atoms with Gasteiger partial charge in [-0.05, 0) is 32.6 Å². The lowest BCUT2D eigenvalue weighted by molar-refractivity contribution is 0.585. The lowest BCUT2D eigenvalue weighted by Gasteiger charge is -2.15. The van der Waals surface area contributed by atoms with Crippen molar-refractivity contribution in [2.24, 2.45) is 5.92 Å². The third kappa shape index (κ3) is 2.64. The van der Waals surface area contributed by atoms with E-state index in [-0.39, 0.29) is 0 Å². The zero-order valence-corrected chi connectivity index (χ0v) is 10.6. The van der Waals surface area contributed by atoms with Crippen molar-refractivity contribution < 1.29 is 0 Å². The Balaban J connectivity index is 1.91. The maximum absolute atomic E-state index is 6.22. The van der Waals surface area contributed by atoms with Gasteiger partial charge in [0.15, 0.2) is 0 Å². The van der Waals surface area contributed by atoms with Gasteiger partial charge in [-0.2, -0.15) is 0 Å². The third-order valence-electron chi connectivity index (χ3n) is 3.30. The molecule has 0 spiro atoms. The van der Waals surface area contributed by atoms with Crippen LogP contribution in [0.15, 0.2) is 6.20 Å². The van der Waals surface area contributed by atoms with Gasteiger partial charge in [-0.15, -0.1) is 11.6 Å². The molecule has 1 aliphatic rings. The largest absolute Gasteiger partial charge is 0.368 e. The Morgan fingerprint density at radius 2 is 2.19 bits per heavy atom. The molecule has 0 amide bonds. The molecule has 1 aliphatic carbocycles. The second-order valence-electron chi connectivity index (χ2n) is 4.51. The molecule has 0 saturated heterocycles. The summed E-state index contributed by atoms with van der Waals surface area (Å²) in [4.78, 5) is 8.73. The van der Waals surface area contributed by atoms with Crippen LogP contribution in [0.1, 0.15) is 30.7 Å². The Morgan fingerprint density at radius 1 is 1.38 bits per heavy atom. The van der Waals surface area contributed by atoms with E-state index in [1.807, 2.05) is 13.8 Å². The first-order valence-electron chi connectivity index (χ1n) is 5.85. The lowest BCUT2D eigenvalue weighted by Crippen LogP contribution is -2.19. The van der Waals surface area contributed by atoms with E-state index < -0.39 is 0 Å². The molecule has 3 nitrogen and oxygen atoms in total. The Hall–Kier alpha value is -0.830. The topological polar surface area (TPSA) is 37.8 Å². The van der Waals surface area contributed by atoms with Crippen LogP contribution in [0.5, 0.6) is 0 Å². The number of alkyl halides is 1. The summed E-state index contributed by atoms with van der Waals surface area (Å²) in [5.41, 5.74) is 1.97. The summed E-state index contributed by atoms with van der Waals surface area (Å²) >= 11 is 6.22. The number of halogens is 1. The van der Waals surface area contributed by atoms with E-state index >= 15 is 0 Å². The van der Waals surface area contributed by atoms with Gasteiger partial charge in [-0.25, -0.2) is 4.98 Å². The summed E-state index contributed by atoms with van der Waals surface area (Å²) in [6, 6.07) is 0. The minimum absolute atomic E-state index is 0.326. The molecule has 4 heteroatoms. The molecule has 1 aromatic rings. The fourth-order valence-corrected chi connectivity index (χ4v) is 2.45. The van der Waals surface area contributed by atoms with Crippen molar-refractivity contribution in [3.8, 4) is 0 Å². The maximum atomic E-state index is 6.22. The molecule has 1 N–H and O–H groups in total. The Labute approximate surface area is 102 Å². The average Bonchev–Trinajstić information content (AvgIpc) is 2.66. The van der Waals surface area contributed by atoms with Crippen LogP contribution < -0.4 is 5.32 Å². The van der Waals surface area contributed by atoms with Gasteiger partial charge < -0.3 is 5.32 Å². The van der Waals surface area contributed by atoms with Gasteiger partial charge in [0.05, 0.1) is 17.6 Å². The number of aromatic nitrogens is 2. The summed E-state index contributed by atoms with van der Waals surface area (Å²) in [5.74, 6) is 1.43. The Bertz CT molecular complexity index is 367. The van der Waals surface area contributed by atoms with Crippen LogP contribution in [0.2, 0.25) is 0 Å². The van der Waals surface area contributed by atoms with Gasteiger partial charge >= 0.3 is 0 Å². The number of nitrogens with one attached hydrogen (secondary N) is 1. The molecule has 16 heavy (non-hydrogen) atoms. The van der Waals surface area contributed by atoms with Crippen molar-refractivity contribution in [3.05, 3.63) is 17.6 Å². The third-order valence-corrected chi connectivity index (χ3v) is 3.88. The van der Waals surface area contributed by atoms with Crippen molar-refractivity contribution in [2.75, 3.05) is 11.9 Å². The normalized spacial score (nSPS) is 24.7. The predicted octanol–water partition coefficient (Wildman–Crippen LogP) is 2.91. The van der Waals surface area contributed by atoms with Gasteiger partial charge in [0, 0.05) is 11.9 Å². The van der Waals surface area contributed by atoms with Gasteiger partial charge in [0.2, 0.25) is 0 Å². The zero-order valence-electron chi connectivity index (χ0n) is 9.83. The van der Waals surface area contributed by atoms with Crippen LogP contribution >= 0.6 is 11.6 Å². The molecule has 88 valence electrons. The molecular weight excluding hydrogens is 222 g/mol. The average molecular weight is 240 g/mol. The first-order valence-corrected chi connectivity index (χ1v) is 6.28. The molecule has 1 saturated carbocycles.